The van der Waals surface area contributed by atoms with E-state index in [9.17, 15) is 22.7 Å². The van der Waals surface area contributed by atoms with Crippen molar-refractivity contribution in [3.8, 4) is 0 Å². The number of nitrogens with zero attached hydrogens (tertiary/aromatic N) is 3. The topological polar surface area (TPSA) is 78.6 Å². The molecule has 0 unspecified atom stereocenters. The molecule has 1 aromatic carbocycles. The zero-order valence-corrected chi connectivity index (χ0v) is 17.0. The summed E-state index contributed by atoms with van der Waals surface area (Å²) >= 11 is 0. The molecule has 2 aliphatic rings. The molecule has 0 saturated carbocycles. The number of hydrogen-bond acceptors (Lipinski definition) is 6. The van der Waals surface area contributed by atoms with Gasteiger partial charge in [-0.2, -0.15) is 0 Å². The number of aliphatic hydroxyl groups is 1. The van der Waals surface area contributed by atoms with Crippen LogP contribution in [0.5, 0.6) is 0 Å². The van der Waals surface area contributed by atoms with Crippen LogP contribution in [0.2, 0.25) is 0 Å². The van der Waals surface area contributed by atoms with Crippen LogP contribution in [-0.4, -0.2) is 43.7 Å². The highest BCUT2D eigenvalue weighted by Gasteiger charge is 2.58. The van der Waals surface area contributed by atoms with Gasteiger partial charge in [-0.15, -0.1) is 0 Å². The summed E-state index contributed by atoms with van der Waals surface area (Å²) in [5.41, 5.74) is -0.109. The molecule has 32 heavy (non-hydrogen) atoms. The summed E-state index contributed by atoms with van der Waals surface area (Å²) < 4.78 is 73.3. The van der Waals surface area contributed by atoms with Crippen molar-refractivity contribution in [3.63, 3.8) is 0 Å². The fourth-order valence-corrected chi connectivity index (χ4v) is 4.34. The Morgan fingerprint density at radius 3 is 2.53 bits per heavy atom. The van der Waals surface area contributed by atoms with Gasteiger partial charge in [0.25, 0.3) is 6.43 Å². The van der Waals surface area contributed by atoms with Crippen LogP contribution in [0.25, 0.3) is 11.0 Å². The minimum Gasteiger partial charge on any atom is -0.386 e. The number of halogens is 4. The molecule has 5 atom stereocenters. The molecule has 2 saturated heterocycles. The summed E-state index contributed by atoms with van der Waals surface area (Å²) in [6, 6.07) is 4.51. The number of benzene rings is 1. The average molecular weight is 453 g/mol. The predicted octanol–water partition coefficient (Wildman–Crippen LogP) is 3.80. The van der Waals surface area contributed by atoms with Crippen LogP contribution >= 0.6 is 0 Å². The smallest absolute Gasteiger partial charge is 0.281 e. The number of fused-ring (bicyclic) bond motifs is 2. The number of aliphatic hydroxyl groups excluding tert-OH is 1. The first-order chi connectivity index (χ1) is 15.2. The Morgan fingerprint density at radius 2 is 1.81 bits per heavy atom. The van der Waals surface area contributed by atoms with E-state index in [1.165, 1.54) is 22.9 Å². The van der Waals surface area contributed by atoms with Crippen LogP contribution in [0.3, 0.4) is 0 Å². The molecule has 11 heteroatoms. The lowest BCUT2D eigenvalue weighted by Crippen LogP contribution is -2.34. The van der Waals surface area contributed by atoms with Crippen LogP contribution in [0.15, 0.2) is 36.8 Å². The predicted molar refractivity (Wildman–Crippen MR) is 102 cm³/mol. The molecule has 2 aliphatic heterocycles. The Labute approximate surface area is 179 Å². The Bertz CT molecular complexity index is 1170. The first-order valence-electron chi connectivity index (χ1n) is 9.90. The van der Waals surface area contributed by atoms with Crippen molar-refractivity contribution in [2.24, 2.45) is 0 Å². The van der Waals surface area contributed by atoms with Crippen LogP contribution < -0.4 is 0 Å². The molecule has 7 nitrogen and oxygen atoms in total. The van der Waals surface area contributed by atoms with Crippen molar-refractivity contribution in [1.82, 2.24) is 14.5 Å². The molecule has 5 rings (SSSR count). The monoisotopic (exact) mass is 453 g/mol. The van der Waals surface area contributed by atoms with Crippen LogP contribution in [0.4, 0.5) is 17.6 Å². The lowest BCUT2D eigenvalue weighted by molar-refractivity contribution is -0.207. The molecule has 0 aliphatic carbocycles. The van der Waals surface area contributed by atoms with Gasteiger partial charge in [0.05, 0.1) is 0 Å². The standard InChI is InChI=1S/C21H19F4N3O4/c1-21(2)31-16-15(14(29)9-3-4-11(22)12(23)7-9)30-20(17(16)32-21)28-6-5-10-13(18(24)25)26-8-27-19(10)28/h3-8,14-18,20,29H,1-2H3/t14-,15-,16-,17-,20-/m1/s1. The Balaban J connectivity index is 1.54. The van der Waals surface area contributed by atoms with Crippen molar-refractivity contribution >= 4 is 11.0 Å². The van der Waals surface area contributed by atoms with E-state index < -0.39 is 60.2 Å². The largest absolute Gasteiger partial charge is 0.386 e. The van der Waals surface area contributed by atoms with Gasteiger partial charge < -0.3 is 23.9 Å². The van der Waals surface area contributed by atoms with E-state index in [1.807, 2.05) is 0 Å². The summed E-state index contributed by atoms with van der Waals surface area (Å²) in [7, 11) is 0. The molecule has 2 aromatic heterocycles. The Kier molecular flexibility index (Phi) is 4.97. The molecule has 4 heterocycles. The summed E-state index contributed by atoms with van der Waals surface area (Å²) in [6.07, 6.45) is -4.99. The second-order valence-corrected chi connectivity index (χ2v) is 8.19. The summed E-state index contributed by atoms with van der Waals surface area (Å²) in [4.78, 5) is 7.77. The van der Waals surface area contributed by atoms with Crippen molar-refractivity contribution in [2.45, 2.75) is 56.7 Å². The second-order valence-electron chi connectivity index (χ2n) is 8.19. The van der Waals surface area contributed by atoms with E-state index in [2.05, 4.69) is 9.97 Å². The highest BCUT2D eigenvalue weighted by Crippen LogP contribution is 2.47. The Hall–Kier alpha value is -2.60. The third kappa shape index (κ3) is 3.36. The minimum absolute atomic E-state index is 0.0984. The van der Waals surface area contributed by atoms with Gasteiger partial charge in [-0.1, -0.05) is 6.07 Å². The van der Waals surface area contributed by atoms with E-state index in [1.54, 1.807) is 13.8 Å². The van der Waals surface area contributed by atoms with E-state index in [-0.39, 0.29) is 16.6 Å². The molecule has 0 spiro atoms. The highest BCUT2D eigenvalue weighted by molar-refractivity contribution is 5.78. The van der Waals surface area contributed by atoms with E-state index in [0.29, 0.717) is 0 Å². The fraction of sp³-hybridized carbons (Fsp3) is 0.429. The van der Waals surface area contributed by atoms with Crippen LogP contribution in [-0.2, 0) is 14.2 Å². The van der Waals surface area contributed by atoms with Gasteiger partial charge >= 0.3 is 0 Å². The van der Waals surface area contributed by atoms with Gasteiger partial charge in [-0.3, -0.25) is 0 Å². The normalized spacial score (nSPS) is 27.9. The zero-order valence-electron chi connectivity index (χ0n) is 17.0. The lowest BCUT2D eigenvalue weighted by Gasteiger charge is -2.27. The van der Waals surface area contributed by atoms with Crippen LogP contribution in [0.1, 0.15) is 43.9 Å². The molecule has 170 valence electrons. The third-order valence-corrected chi connectivity index (χ3v) is 5.68. The number of ether oxygens (including phenoxy) is 3. The van der Waals surface area contributed by atoms with Gasteiger partial charge in [0.2, 0.25) is 0 Å². The molecule has 0 bridgehead atoms. The van der Waals surface area contributed by atoms with Crippen molar-refractivity contribution in [1.29, 1.82) is 0 Å². The van der Waals surface area contributed by atoms with E-state index in [0.717, 1.165) is 18.5 Å². The molecular formula is C21H19F4N3O4. The molecule has 3 aromatic rings. The number of aromatic nitrogens is 3. The van der Waals surface area contributed by atoms with E-state index in [4.69, 9.17) is 14.2 Å². The molecule has 0 radical (unpaired) electrons. The van der Waals surface area contributed by atoms with Gasteiger partial charge in [0.15, 0.2) is 23.6 Å². The van der Waals surface area contributed by atoms with E-state index >= 15 is 0 Å². The van der Waals surface area contributed by atoms with Gasteiger partial charge in [0, 0.05) is 11.6 Å². The average Bonchev–Trinajstić information content (AvgIpc) is 3.39. The fourth-order valence-electron chi connectivity index (χ4n) is 4.34. The summed E-state index contributed by atoms with van der Waals surface area (Å²) in [5, 5.41) is 11.1. The molecule has 2 fully saturated rings. The first kappa shape index (κ1) is 21.3. The maximum absolute atomic E-state index is 13.7. The maximum atomic E-state index is 13.7. The minimum atomic E-state index is -2.79. The Morgan fingerprint density at radius 1 is 1.06 bits per heavy atom. The SMILES string of the molecule is CC1(C)O[C@H]2[C@@H](O1)[C@H](n1ccc3c(C(F)F)ncnc31)O[C@@H]2[C@H](O)c1ccc(F)c(F)c1. The summed E-state index contributed by atoms with van der Waals surface area (Å²) in [6.45, 7) is 3.38. The molecular weight excluding hydrogens is 434 g/mol. The zero-order chi connectivity index (χ0) is 22.8. The van der Waals surface area contributed by atoms with Gasteiger partial charge in [-0.05, 0) is 37.6 Å². The maximum Gasteiger partial charge on any atom is 0.281 e. The van der Waals surface area contributed by atoms with Gasteiger partial charge in [0.1, 0.15) is 42.1 Å². The second kappa shape index (κ2) is 7.48. The van der Waals surface area contributed by atoms with Crippen molar-refractivity contribution < 1.29 is 36.9 Å². The van der Waals surface area contributed by atoms with Gasteiger partial charge in [-0.25, -0.2) is 27.5 Å². The third-order valence-electron chi connectivity index (χ3n) is 5.68. The lowest BCUT2D eigenvalue weighted by atomic mass is 9.99. The first-order valence-corrected chi connectivity index (χ1v) is 9.90. The summed E-state index contributed by atoms with van der Waals surface area (Å²) in [5.74, 6) is -3.17. The molecule has 0 amide bonds. The van der Waals surface area contributed by atoms with Crippen molar-refractivity contribution in [2.75, 3.05) is 0 Å². The highest BCUT2D eigenvalue weighted by atomic mass is 19.3. The quantitative estimate of drug-likeness (QED) is 0.606. The number of hydrogen-bond donors (Lipinski definition) is 1. The molecule has 1 N–H and O–H groups in total. The number of rotatable bonds is 4. The number of alkyl halides is 2. The van der Waals surface area contributed by atoms with Crippen LogP contribution in [0, 0.1) is 11.6 Å². The van der Waals surface area contributed by atoms with Crippen molar-refractivity contribution in [3.05, 3.63) is 59.7 Å².